The summed E-state index contributed by atoms with van der Waals surface area (Å²) in [6.07, 6.45) is 4.57. The Morgan fingerprint density at radius 2 is 1.80 bits per heavy atom. The van der Waals surface area contributed by atoms with Crippen molar-refractivity contribution in [2.45, 2.75) is 64.6 Å². The molecule has 0 unspecified atom stereocenters. The first-order valence-electron chi connectivity index (χ1n) is 11.1. The Morgan fingerprint density at radius 1 is 1.07 bits per heavy atom. The maximum absolute atomic E-state index is 12.0. The fraction of sp³-hybridized carbons (Fsp3) is 0.609. The van der Waals surface area contributed by atoms with Crippen molar-refractivity contribution in [2.75, 3.05) is 31.1 Å². The summed E-state index contributed by atoms with van der Waals surface area (Å²) in [7, 11) is 0. The van der Waals surface area contributed by atoms with Gasteiger partial charge in [0.2, 0.25) is 0 Å². The Bertz CT molecular complexity index is 818. The summed E-state index contributed by atoms with van der Waals surface area (Å²) < 4.78 is 5.25. The Kier molecular flexibility index (Phi) is 6.25. The van der Waals surface area contributed by atoms with Crippen molar-refractivity contribution in [1.29, 1.82) is 0 Å². The van der Waals surface area contributed by atoms with Crippen LogP contribution in [0.5, 0.6) is 0 Å². The molecule has 2 heterocycles. The van der Waals surface area contributed by atoms with Crippen LogP contribution >= 0.6 is 0 Å². The van der Waals surface area contributed by atoms with Crippen LogP contribution in [0.1, 0.15) is 61.9 Å². The highest BCUT2D eigenvalue weighted by Crippen LogP contribution is 2.28. The van der Waals surface area contributed by atoms with Gasteiger partial charge in [0.25, 0.3) is 0 Å². The SMILES string of the molecule is CC(C)OC(=O)N1CCC(ON=C2CCN(c3ccc4c(c3)CCC4=O)CC2)CC1. The Hall–Kier alpha value is -2.57. The van der Waals surface area contributed by atoms with E-state index in [1.165, 1.54) is 11.3 Å². The lowest BCUT2D eigenvalue weighted by Crippen LogP contribution is -2.41. The summed E-state index contributed by atoms with van der Waals surface area (Å²) in [4.78, 5) is 33.7. The predicted molar refractivity (Wildman–Crippen MR) is 115 cm³/mol. The lowest BCUT2D eigenvalue weighted by atomic mass is 10.1. The number of hydrogen-bond acceptors (Lipinski definition) is 6. The van der Waals surface area contributed by atoms with Gasteiger partial charge >= 0.3 is 6.09 Å². The van der Waals surface area contributed by atoms with Gasteiger partial charge in [0, 0.05) is 69.5 Å². The number of nitrogens with zero attached hydrogens (tertiary/aromatic N) is 3. The lowest BCUT2D eigenvalue weighted by molar-refractivity contribution is 0.00415. The van der Waals surface area contributed by atoms with Crippen molar-refractivity contribution in [2.24, 2.45) is 5.16 Å². The van der Waals surface area contributed by atoms with Gasteiger partial charge in [-0.05, 0) is 44.0 Å². The summed E-state index contributed by atoms with van der Waals surface area (Å²) in [6, 6.07) is 6.23. The third kappa shape index (κ3) is 4.77. The number of amides is 1. The second-order valence-corrected chi connectivity index (χ2v) is 8.63. The first kappa shape index (κ1) is 20.7. The summed E-state index contributed by atoms with van der Waals surface area (Å²) in [5.41, 5.74) is 4.38. The van der Waals surface area contributed by atoms with E-state index in [1.54, 1.807) is 4.90 Å². The highest BCUT2D eigenvalue weighted by Gasteiger charge is 2.26. The van der Waals surface area contributed by atoms with Gasteiger partial charge in [0.1, 0.15) is 6.10 Å². The molecule has 3 aliphatic rings. The van der Waals surface area contributed by atoms with Gasteiger partial charge in [-0.3, -0.25) is 4.79 Å². The third-order valence-electron chi connectivity index (χ3n) is 6.08. The lowest BCUT2D eigenvalue weighted by Gasteiger charge is -2.32. The van der Waals surface area contributed by atoms with E-state index < -0.39 is 0 Å². The molecule has 0 spiro atoms. The number of carbonyl (C=O) groups is 2. The van der Waals surface area contributed by atoms with Crippen LogP contribution in [-0.2, 0) is 16.0 Å². The Morgan fingerprint density at radius 3 is 2.50 bits per heavy atom. The van der Waals surface area contributed by atoms with E-state index in [4.69, 9.17) is 9.57 Å². The second-order valence-electron chi connectivity index (χ2n) is 8.63. The van der Waals surface area contributed by atoms with Gasteiger partial charge in [-0.25, -0.2) is 4.79 Å². The molecule has 4 rings (SSSR count). The number of aryl methyl sites for hydroxylation is 1. The number of rotatable bonds is 4. The maximum atomic E-state index is 12.0. The van der Waals surface area contributed by atoms with Gasteiger partial charge in [-0.15, -0.1) is 0 Å². The Labute approximate surface area is 178 Å². The topological polar surface area (TPSA) is 71.4 Å². The number of carbonyl (C=O) groups excluding carboxylic acids is 2. The van der Waals surface area contributed by atoms with E-state index in [0.717, 1.165) is 56.5 Å². The number of fused-ring (bicyclic) bond motifs is 1. The number of piperidine rings is 2. The zero-order chi connectivity index (χ0) is 21.1. The van der Waals surface area contributed by atoms with E-state index in [1.807, 2.05) is 19.9 Å². The molecule has 1 aliphatic carbocycles. The molecule has 162 valence electrons. The van der Waals surface area contributed by atoms with E-state index in [0.29, 0.717) is 19.5 Å². The average molecular weight is 414 g/mol. The van der Waals surface area contributed by atoms with Crippen LogP contribution in [-0.4, -0.2) is 60.9 Å². The molecule has 30 heavy (non-hydrogen) atoms. The zero-order valence-corrected chi connectivity index (χ0v) is 17.9. The standard InChI is InChI=1S/C23H31N3O4/c1-16(2)29-23(28)26-13-9-20(10-14-26)30-24-18-7-11-25(12-8-18)19-4-5-21-17(15-19)3-6-22(21)27/h4-5,15-16,20H,3,6-14H2,1-2H3. The van der Waals surface area contributed by atoms with E-state index in [2.05, 4.69) is 22.2 Å². The number of anilines is 1. The van der Waals surface area contributed by atoms with Gasteiger partial charge in [0.05, 0.1) is 11.8 Å². The molecule has 2 saturated heterocycles. The molecular weight excluding hydrogens is 382 g/mol. The minimum Gasteiger partial charge on any atom is -0.447 e. The van der Waals surface area contributed by atoms with Crippen molar-refractivity contribution >= 4 is 23.3 Å². The number of ketones is 1. The number of Topliss-reactive ketones (excluding diaryl/α,β-unsaturated/α-hetero) is 1. The van der Waals surface area contributed by atoms with Crippen molar-refractivity contribution in [3.8, 4) is 0 Å². The number of ether oxygens (including phenoxy) is 1. The van der Waals surface area contributed by atoms with Crippen LogP contribution in [0.25, 0.3) is 0 Å². The number of hydrogen-bond donors (Lipinski definition) is 0. The second kappa shape index (κ2) is 9.06. The first-order valence-corrected chi connectivity index (χ1v) is 11.1. The molecule has 0 aromatic heterocycles. The van der Waals surface area contributed by atoms with Crippen molar-refractivity contribution in [3.05, 3.63) is 29.3 Å². The van der Waals surface area contributed by atoms with E-state index in [9.17, 15) is 9.59 Å². The predicted octanol–water partition coefficient (Wildman–Crippen LogP) is 3.80. The minimum absolute atomic E-state index is 0.0628. The molecule has 1 amide bonds. The monoisotopic (exact) mass is 413 g/mol. The average Bonchev–Trinajstić information content (AvgIpc) is 3.12. The zero-order valence-electron chi connectivity index (χ0n) is 17.9. The van der Waals surface area contributed by atoms with Crippen LogP contribution < -0.4 is 4.90 Å². The smallest absolute Gasteiger partial charge is 0.410 e. The molecule has 0 radical (unpaired) electrons. The minimum atomic E-state index is -0.238. The number of likely N-dealkylation sites (tertiary alicyclic amines) is 1. The first-order chi connectivity index (χ1) is 14.5. The molecule has 7 heteroatoms. The van der Waals surface area contributed by atoms with Crippen LogP contribution in [0.2, 0.25) is 0 Å². The third-order valence-corrected chi connectivity index (χ3v) is 6.08. The summed E-state index contributed by atoms with van der Waals surface area (Å²) in [6.45, 7) is 6.84. The van der Waals surface area contributed by atoms with Gasteiger partial charge in [-0.2, -0.15) is 0 Å². The van der Waals surface area contributed by atoms with Crippen molar-refractivity contribution < 1.29 is 19.2 Å². The van der Waals surface area contributed by atoms with Gasteiger partial charge in [-0.1, -0.05) is 5.16 Å². The van der Waals surface area contributed by atoms with Gasteiger partial charge < -0.3 is 19.4 Å². The molecule has 0 saturated carbocycles. The Balaban J connectivity index is 1.22. The molecule has 0 bridgehead atoms. The largest absolute Gasteiger partial charge is 0.447 e. The summed E-state index contributed by atoms with van der Waals surface area (Å²) >= 11 is 0. The molecule has 0 N–H and O–H groups in total. The highest BCUT2D eigenvalue weighted by molar-refractivity contribution is 6.00. The number of oxime groups is 1. The molecule has 0 atom stereocenters. The fourth-order valence-corrected chi connectivity index (χ4v) is 4.32. The normalized spacial score (nSPS) is 19.8. The van der Waals surface area contributed by atoms with Crippen LogP contribution in [0.15, 0.2) is 23.4 Å². The number of benzene rings is 1. The summed E-state index contributed by atoms with van der Waals surface area (Å²) in [5.74, 6) is 0.268. The summed E-state index contributed by atoms with van der Waals surface area (Å²) in [5, 5.41) is 4.43. The van der Waals surface area contributed by atoms with Crippen LogP contribution in [0, 0.1) is 0 Å². The fourth-order valence-electron chi connectivity index (χ4n) is 4.32. The molecule has 2 fully saturated rings. The highest BCUT2D eigenvalue weighted by atomic mass is 16.6. The molecule has 7 nitrogen and oxygen atoms in total. The van der Waals surface area contributed by atoms with E-state index >= 15 is 0 Å². The molecule has 1 aromatic carbocycles. The quantitative estimate of drug-likeness (QED) is 0.702. The molecular formula is C23H31N3O4. The molecule has 2 aliphatic heterocycles. The van der Waals surface area contributed by atoms with Crippen molar-refractivity contribution in [3.63, 3.8) is 0 Å². The van der Waals surface area contributed by atoms with Gasteiger partial charge in [0.15, 0.2) is 5.78 Å². The van der Waals surface area contributed by atoms with Crippen LogP contribution in [0.3, 0.4) is 0 Å². The maximum Gasteiger partial charge on any atom is 0.410 e. The van der Waals surface area contributed by atoms with Crippen LogP contribution in [0.4, 0.5) is 10.5 Å². The van der Waals surface area contributed by atoms with E-state index in [-0.39, 0.29) is 24.1 Å². The van der Waals surface area contributed by atoms with Crippen molar-refractivity contribution in [1.82, 2.24) is 4.90 Å². The molecule has 1 aromatic rings.